The summed E-state index contributed by atoms with van der Waals surface area (Å²) in [6.07, 6.45) is 0. The van der Waals surface area contributed by atoms with Crippen LogP contribution in [0, 0.1) is 11.6 Å². The Balaban J connectivity index is 1.61. The first-order chi connectivity index (χ1) is 12.5. The predicted octanol–water partition coefficient (Wildman–Crippen LogP) is 3.98. The Bertz CT molecular complexity index is 791. The summed E-state index contributed by atoms with van der Waals surface area (Å²) in [5.74, 6) is -0.684. The number of ether oxygens (including phenoxy) is 1. The van der Waals surface area contributed by atoms with Gasteiger partial charge in [-0.3, -0.25) is 0 Å². The number of hydrogen-bond acceptors (Lipinski definition) is 3. The maximum Gasteiger partial charge on any atom is 0.321 e. The van der Waals surface area contributed by atoms with E-state index < -0.39 is 11.6 Å². The summed E-state index contributed by atoms with van der Waals surface area (Å²) in [7, 11) is 1.51. The highest BCUT2D eigenvalue weighted by atomic mass is 35.5. The molecule has 0 saturated carbocycles. The molecule has 1 aliphatic rings. The molecular weight excluding hydrogens is 364 g/mol. The molecule has 0 bridgehead atoms. The molecule has 2 amide bonds. The van der Waals surface area contributed by atoms with Gasteiger partial charge in [0.1, 0.15) is 23.1 Å². The van der Waals surface area contributed by atoms with Gasteiger partial charge < -0.3 is 19.9 Å². The highest BCUT2D eigenvalue weighted by Gasteiger charge is 2.24. The van der Waals surface area contributed by atoms with Crippen molar-refractivity contribution in [3.05, 3.63) is 53.1 Å². The summed E-state index contributed by atoms with van der Waals surface area (Å²) in [5.41, 5.74) is 0.498. The zero-order valence-electron chi connectivity index (χ0n) is 14.1. The number of carbonyl (C=O) groups excluding carboxylic acids is 1. The minimum atomic E-state index is -0.601. The summed E-state index contributed by atoms with van der Waals surface area (Å²) in [5, 5.41) is 3.16. The van der Waals surface area contributed by atoms with Gasteiger partial charge in [-0.15, -0.1) is 0 Å². The SMILES string of the molecule is COc1ccc(NC(=O)N2CCN(c3c(F)cccc3F)CC2)cc1Cl. The maximum atomic E-state index is 13.9. The van der Waals surface area contributed by atoms with Crippen molar-refractivity contribution >= 4 is 29.0 Å². The Hall–Kier alpha value is -2.54. The third-order valence-electron chi connectivity index (χ3n) is 4.22. The summed E-state index contributed by atoms with van der Waals surface area (Å²) in [4.78, 5) is 15.6. The van der Waals surface area contributed by atoms with Crippen LogP contribution in [-0.2, 0) is 0 Å². The molecule has 1 fully saturated rings. The lowest BCUT2D eigenvalue weighted by atomic mass is 10.2. The van der Waals surface area contributed by atoms with Gasteiger partial charge in [-0.05, 0) is 30.3 Å². The van der Waals surface area contributed by atoms with Crippen LogP contribution in [0.1, 0.15) is 0 Å². The summed E-state index contributed by atoms with van der Waals surface area (Å²) < 4.78 is 32.8. The number of rotatable bonds is 3. The van der Waals surface area contributed by atoms with E-state index in [0.717, 1.165) is 0 Å². The van der Waals surface area contributed by atoms with E-state index in [9.17, 15) is 13.6 Å². The van der Waals surface area contributed by atoms with E-state index in [1.165, 1.54) is 25.3 Å². The quantitative estimate of drug-likeness (QED) is 0.874. The molecule has 8 heteroatoms. The first-order valence-corrected chi connectivity index (χ1v) is 8.46. The normalized spacial score (nSPS) is 14.3. The van der Waals surface area contributed by atoms with Crippen molar-refractivity contribution in [2.75, 3.05) is 43.5 Å². The number of urea groups is 1. The second-order valence-corrected chi connectivity index (χ2v) is 6.23. The Kier molecular flexibility index (Phi) is 5.46. The predicted molar refractivity (Wildman–Crippen MR) is 97.2 cm³/mol. The lowest BCUT2D eigenvalue weighted by Gasteiger charge is -2.36. The topological polar surface area (TPSA) is 44.8 Å². The molecule has 1 saturated heterocycles. The standard InChI is InChI=1S/C18H18ClF2N3O2/c1-26-16-6-5-12(11-13(16)19)22-18(25)24-9-7-23(8-10-24)17-14(20)3-2-4-15(17)21/h2-6,11H,7-10H2,1H3,(H,22,25). The first kappa shape index (κ1) is 18.3. The number of carbonyl (C=O) groups is 1. The number of halogens is 3. The van der Waals surface area contributed by atoms with Crippen molar-refractivity contribution in [3.63, 3.8) is 0 Å². The number of hydrogen-bond donors (Lipinski definition) is 1. The number of para-hydroxylation sites is 1. The largest absolute Gasteiger partial charge is 0.495 e. The van der Waals surface area contributed by atoms with Gasteiger partial charge in [-0.25, -0.2) is 13.6 Å². The Morgan fingerprint density at radius 2 is 1.77 bits per heavy atom. The van der Waals surface area contributed by atoms with Gasteiger partial charge in [-0.2, -0.15) is 0 Å². The van der Waals surface area contributed by atoms with Crippen LogP contribution in [0.4, 0.5) is 25.0 Å². The monoisotopic (exact) mass is 381 g/mol. The van der Waals surface area contributed by atoms with Crippen molar-refractivity contribution in [2.24, 2.45) is 0 Å². The molecule has 0 spiro atoms. The second kappa shape index (κ2) is 7.78. The average Bonchev–Trinajstić information content (AvgIpc) is 2.62. The van der Waals surface area contributed by atoms with E-state index in [4.69, 9.17) is 16.3 Å². The maximum absolute atomic E-state index is 13.9. The zero-order chi connectivity index (χ0) is 18.7. The molecule has 0 aromatic heterocycles. The fraction of sp³-hybridized carbons (Fsp3) is 0.278. The zero-order valence-corrected chi connectivity index (χ0v) is 14.9. The molecular formula is C18H18ClF2N3O2. The molecule has 0 radical (unpaired) electrons. The van der Waals surface area contributed by atoms with Crippen LogP contribution in [0.15, 0.2) is 36.4 Å². The number of nitrogens with one attached hydrogen (secondary N) is 1. The lowest BCUT2D eigenvalue weighted by Crippen LogP contribution is -2.50. The second-order valence-electron chi connectivity index (χ2n) is 5.82. The van der Waals surface area contributed by atoms with Gasteiger partial charge in [0.25, 0.3) is 0 Å². The Morgan fingerprint density at radius 1 is 1.12 bits per heavy atom. The van der Waals surface area contributed by atoms with E-state index in [-0.39, 0.29) is 11.7 Å². The summed E-state index contributed by atoms with van der Waals surface area (Å²) >= 11 is 6.05. The molecule has 2 aromatic carbocycles. The molecule has 5 nitrogen and oxygen atoms in total. The molecule has 26 heavy (non-hydrogen) atoms. The van der Waals surface area contributed by atoms with Gasteiger partial charge in [0.05, 0.1) is 12.1 Å². The van der Waals surface area contributed by atoms with Crippen LogP contribution in [0.25, 0.3) is 0 Å². The van der Waals surface area contributed by atoms with Crippen molar-refractivity contribution in [2.45, 2.75) is 0 Å². The summed E-state index contributed by atoms with van der Waals surface area (Å²) in [6, 6.07) is 8.45. The number of methoxy groups -OCH3 is 1. The van der Waals surface area contributed by atoms with Crippen molar-refractivity contribution in [1.29, 1.82) is 0 Å². The van der Waals surface area contributed by atoms with E-state index in [2.05, 4.69) is 5.32 Å². The average molecular weight is 382 g/mol. The number of piperazine rings is 1. The van der Waals surface area contributed by atoms with Crippen LogP contribution in [0.3, 0.4) is 0 Å². The number of anilines is 2. The lowest BCUT2D eigenvalue weighted by molar-refractivity contribution is 0.208. The smallest absolute Gasteiger partial charge is 0.321 e. The number of amides is 2. The number of benzene rings is 2. The van der Waals surface area contributed by atoms with Crippen LogP contribution in [0.5, 0.6) is 5.75 Å². The molecule has 0 aliphatic carbocycles. The molecule has 1 N–H and O–H groups in total. The van der Waals surface area contributed by atoms with Crippen LogP contribution < -0.4 is 15.0 Å². The van der Waals surface area contributed by atoms with Crippen molar-refractivity contribution in [3.8, 4) is 5.75 Å². The van der Waals surface area contributed by atoms with E-state index in [0.29, 0.717) is 42.6 Å². The van der Waals surface area contributed by atoms with Crippen LogP contribution in [0.2, 0.25) is 5.02 Å². The minimum Gasteiger partial charge on any atom is -0.495 e. The van der Waals surface area contributed by atoms with E-state index >= 15 is 0 Å². The molecule has 3 rings (SSSR count). The van der Waals surface area contributed by atoms with Crippen molar-refractivity contribution < 1.29 is 18.3 Å². The number of nitrogens with zero attached hydrogens (tertiary/aromatic N) is 2. The van der Waals surface area contributed by atoms with Gasteiger partial charge in [0.2, 0.25) is 0 Å². The molecule has 0 atom stereocenters. The van der Waals surface area contributed by atoms with Crippen LogP contribution >= 0.6 is 11.6 Å². The van der Waals surface area contributed by atoms with Gasteiger partial charge in [-0.1, -0.05) is 17.7 Å². The third-order valence-corrected chi connectivity index (χ3v) is 4.52. The Labute approximate surface area is 155 Å². The van der Waals surface area contributed by atoms with Gasteiger partial charge in [0.15, 0.2) is 0 Å². The van der Waals surface area contributed by atoms with E-state index in [1.807, 2.05) is 0 Å². The Morgan fingerprint density at radius 3 is 2.35 bits per heavy atom. The summed E-state index contributed by atoms with van der Waals surface area (Å²) in [6.45, 7) is 1.39. The minimum absolute atomic E-state index is 0.0468. The molecule has 1 aliphatic heterocycles. The highest BCUT2D eigenvalue weighted by Crippen LogP contribution is 2.28. The molecule has 0 unspecified atom stereocenters. The first-order valence-electron chi connectivity index (χ1n) is 8.08. The van der Waals surface area contributed by atoms with Gasteiger partial charge >= 0.3 is 6.03 Å². The third kappa shape index (κ3) is 3.83. The molecule has 138 valence electrons. The fourth-order valence-electron chi connectivity index (χ4n) is 2.87. The van der Waals surface area contributed by atoms with Crippen molar-refractivity contribution in [1.82, 2.24) is 4.90 Å². The van der Waals surface area contributed by atoms with E-state index in [1.54, 1.807) is 28.0 Å². The van der Waals surface area contributed by atoms with Gasteiger partial charge in [0, 0.05) is 31.9 Å². The highest BCUT2D eigenvalue weighted by molar-refractivity contribution is 6.32. The van der Waals surface area contributed by atoms with Crippen LogP contribution in [-0.4, -0.2) is 44.2 Å². The molecule has 1 heterocycles. The molecule has 2 aromatic rings. The fourth-order valence-corrected chi connectivity index (χ4v) is 3.13.